The van der Waals surface area contributed by atoms with Crippen LogP contribution in [0.1, 0.15) is 39.5 Å². The number of nitrogens with zero attached hydrogens (tertiary/aromatic N) is 1. The number of hydrogen-bond acceptors (Lipinski definition) is 4. The molecule has 1 heterocycles. The molecule has 1 amide bonds. The first-order chi connectivity index (χ1) is 7.94. The van der Waals surface area contributed by atoms with Gasteiger partial charge in [-0.15, -0.1) is 0 Å². The Morgan fingerprint density at radius 3 is 2.82 bits per heavy atom. The van der Waals surface area contributed by atoms with Gasteiger partial charge in [0.05, 0.1) is 19.8 Å². The van der Waals surface area contributed by atoms with E-state index in [4.69, 9.17) is 14.3 Å². The number of carbonyl (C=O) groups excluding carboxylic acids is 1. The number of ether oxygens (including phenoxy) is 2. The van der Waals surface area contributed by atoms with Crippen LogP contribution in [0.5, 0.6) is 0 Å². The lowest BCUT2D eigenvalue weighted by atomic mass is 10.1. The summed E-state index contributed by atoms with van der Waals surface area (Å²) in [6.45, 7) is 4.57. The Morgan fingerprint density at radius 1 is 1.53 bits per heavy atom. The quantitative estimate of drug-likeness (QED) is 0.692. The highest BCUT2D eigenvalue weighted by atomic mass is 16.7. The van der Waals surface area contributed by atoms with Gasteiger partial charge in [-0.1, -0.05) is 0 Å². The van der Waals surface area contributed by atoms with Gasteiger partial charge in [-0.25, -0.2) is 5.06 Å². The Kier molecular flexibility index (Phi) is 5.36. The summed E-state index contributed by atoms with van der Waals surface area (Å²) in [6, 6.07) is 0. The molecule has 0 aromatic carbocycles. The zero-order valence-electron chi connectivity index (χ0n) is 11.2. The number of carbonyl (C=O) groups is 1. The maximum atomic E-state index is 11.5. The number of hydroxylamine groups is 2. The molecule has 1 fully saturated rings. The van der Waals surface area contributed by atoms with Crippen LogP contribution >= 0.6 is 0 Å². The first-order valence-corrected chi connectivity index (χ1v) is 6.07. The fourth-order valence-corrected chi connectivity index (χ4v) is 1.87. The van der Waals surface area contributed by atoms with Crippen LogP contribution in [0.25, 0.3) is 0 Å². The average Bonchev–Trinajstić information content (AvgIpc) is 2.26. The van der Waals surface area contributed by atoms with E-state index in [2.05, 4.69) is 0 Å². The lowest BCUT2D eigenvalue weighted by Gasteiger charge is -2.36. The molecule has 1 atom stereocenters. The van der Waals surface area contributed by atoms with E-state index in [1.165, 1.54) is 12.2 Å². The van der Waals surface area contributed by atoms with Crippen molar-refractivity contribution in [3.63, 3.8) is 0 Å². The average molecular weight is 245 g/mol. The zero-order valence-corrected chi connectivity index (χ0v) is 11.2. The molecule has 5 nitrogen and oxygen atoms in total. The Balaban J connectivity index is 2.20. The lowest BCUT2D eigenvalue weighted by Crippen LogP contribution is -2.39. The molecule has 0 unspecified atom stereocenters. The first kappa shape index (κ1) is 14.4. The minimum Gasteiger partial charge on any atom is -0.350 e. The molecule has 0 saturated carbocycles. The molecule has 0 aromatic rings. The van der Waals surface area contributed by atoms with Crippen LogP contribution in [0.3, 0.4) is 0 Å². The molecule has 1 saturated heterocycles. The molecule has 0 aliphatic carbocycles. The van der Waals surface area contributed by atoms with Gasteiger partial charge in [0.25, 0.3) is 0 Å². The van der Waals surface area contributed by atoms with Gasteiger partial charge in [0.1, 0.15) is 0 Å². The molecule has 17 heavy (non-hydrogen) atoms. The molecular weight excluding hydrogens is 222 g/mol. The predicted octanol–water partition coefficient (Wildman–Crippen LogP) is 1.72. The van der Waals surface area contributed by atoms with E-state index in [1.807, 2.05) is 13.8 Å². The van der Waals surface area contributed by atoms with Crippen LogP contribution in [0.2, 0.25) is 0 Å². The second kappa shape index (κ2) is 6.33. The van der Waals surface area contributed by atoms with Crippen molar-refractivity contribution in [2.45, 2.75) is 51.4 Å². The third-order valence-electron chi connectivity index (χ3n) is 2.88. The van der Waals surface area contributed by atoms with E-state index < -0.39 is 5.79 Å². The maximum Gasteiger partial charge on any atom is 0.245 e. The first-order valence-electron chi connectivity index (χ1n) is 6.07. The normalized spacial score (nSPS) is 23.4. The second-order valence-electron chi connectivity index (χ2n) is 4.74. The van der Waals surface area contributed by atoms with E-state index in [1.54, 1.807) is 7.05 Å². The van der Waals surface area contributed by atoms with Crippen molar-refractivity contribution in [1.82, 2.24) is 5.06 Å². The molecule has 0 aromatic heterocycles. The standard InChI is InChI=1S/C12H23NO4/c1-12(2)16-9-8-10(17-12)6-5-7-11(14)13(3)15-4/h10H,5-9H2,1-4H3/t10-/m1/s1. The van der Waals surface area contributed by atoms with Crippen molar-refractivity contribution in [2.75, 3.05) is 20.8 Å². The lowest BCUT2D eigenvalue weighted by molar-refractivity contribution is -0.274. The van der Waals surface area contributed by atoms with E-state index in [0.717, 1.165) is 25.9 Å². The van der Waals surface area contributed by atoms with Crippen LogP contribution in [0.4, 0.5) is 0 Å². The fraction of sp³-hybridized carbons (Fsp3) is 0.917. The largest absolute Gasteiger partial charge is 0.350 e. The zero-order chi connectivity index (χ0) is 12.9. The summed E-state index contributed by atoms with van der Waals surface area (Å²) < 4.78 is 11.2. The van der Waals surface area contributed by atoms with Gasteiger partial charge >= 0.3 is 0 Å². The van der Waals surface area contributed by atoms with E-state index in [-0.39, 0.29) is 12.0 Å². The van der Waals surface area contributed by atoms with Crippen molar-refractivity contribution < 1.29 is 19.1 Å². The summed E-state index contributed by atoms with van der Waals surface area (Å²) in [4.78, 5) is 16.3. The van der Waals surface area contributed by atoms with Crippen LogP contribution in [0.15, 0.2) is 0 Å². The van der Waals surface area contributed by atoms with Crippen molar-refractivity contribution in [1.29, 1.82) is 0 Å². The number of hydrogen-bond donors (Lipinski definition) is 0. The molecule has 1 rings (SSSR count). The Labute approximate surface area is 103 Å². The minimum absolute atomic E-state index is 0.00109. The SMILES string of the molecule is CON(C)C(=O)CCC[C@@H]1CCOC(C)(C)O1. The van der Waals surface area contributed by atoms with Crippen molar-refractivity contribution in [3.8, 4) is 0 Å². The third-order valence-corrected chi connectivity index (χ3v) is 2.88. The van der Waals surface area contributed by atoms with Gasteiger partial charge < -0.3 is 9.47 Å². The van der Waals surface area contributed by atoms with E-state index in [9.17, 15) is 4.79 Å². The summed E-state index contributed by atoms with van der Waals surface area (Å²) in [5.41, 5.74) is 0. The highest BCUT2D eigenvalue weighted by molar-refractivity contribution is 5.74. The smallest absolute Gasteiger partial charge is 0.245 e. The Hall–Kier alpha value is -0.650. The molecule has 0 bridgehead atoms. The van der Waals surface area contributed by atoms with Gasteiger partial charge in [-0.05, 0) is 33.1 Å². The van der Waals surface area contributed by atoms with Gasteiger partial charge in [-0.3, -0.25) is 9.63 Å². The third kappa shape index (κ3) is 5.02. The monoisotopic (exact) mass is 245 g/mol. The number of rotatable bonds is 5. The molecule has 5 heteroatoms. The fourth-order valence-electron chi connectivity index (χ4n) is 1.87. The number of amides is 1. The highest BCUT2D eigenvalue weighted by Crippen LogP contribution is 2.24. The van der Waals surface area contributed by atoms with E-state index >= 15 is 0 Å². The molecule has 0 spiro atoms. The highest BCUT2D eigenvalue weighted by Gasteiger charge is 2.29. The summed E-state index contributed by atoms with van der Waals surface area (Å²) in [5.74, 6) is -0.491. The molecule has 100 valence electrons. The molecule has 0 radical (unpaired) electrons. The predicted molar refractivity (Wildman–Crippen MR) is 63.2 cm³/mol. The Morgan fingerprint density at radius 2 is 2.24 bits per heavy atom. The topological polar surface area (TPSA) is 48.0 Å². The van der Waals surface area contributed by atoms with Crippen molar-refractivity contribution in [2.24, 2.45) is 0 Å². The molecule has 1 aliphatic rings. The van der Waals surface area contributed by atoms with Gasteiger partial charge in [-0.2, -0.15) is 0 Å². The van der Waals surface area contributed by atoms with Gasteiger partial charge in [0, 0.05) is 13.5 Å². The van der Waals surface area contributed by atoms with Crippen molar-refractivity contribution >= 4 is 5.91 Å². The van der Waals surface area contributed by atoms with Crippen LogP contribution in [0, 0.1) is 0 Å². The molecule has 0 N–H and O–H groups in total. The van der Waals surface area contributed by atoms with E-state index in [0.29, 0.717) is 6.42 Å². The van der Waals surface area contributed by atoms with Crippen molar-refractivity contribution in [3.05, 3.63) is 0 Å². The summed E-state index contributed by atoms with van der Waals surface area (Å²) in [7, 11) is 3.11. The van der Waals surface area contributed by atoms with Gasteiger partial charge in [0.15, 0.2) is 5.79 Å². The Bertz CT molecular complexity index is 255. The van der Waals surface area contributed by atoms with Crippen LogP contribution in [-0.2, 0) is 19.1 Å². The van der Waals surface area contributed by atoms with Gasteiger partial charge in [0.2, 0.25) is 5.91 Å². The minimum atomic E-state index is -0.490. The second-order valence-corrected chi connectivity index (χ2v) is 4.74. The van der Waals surface area contributed by atoms with Crippen LogP contribution in [-0.4, -0.2) is 43.6 Å². The molecular formula is C12H23NO4. The maximum absolute atomic E-state index is 11.5. The summed E-state index contributed by atoms with van der Waals surface area (Å²) in [5, 5.41) is 1.26. The summed E-state index contributed by atoms with van der Waals surface area (Å²) >= 11 is 0. The summed E-state index contributed by atoms with van der Waals surface area (Å²) in [6.07, 6.45) is 3.28. The molecule has 1 aliphatic heterocycles. The van der Waals surface area contributed by atoms with Crippen LogP contribution < -0.4 is 0 Å².